The summed E-state index contributed by atoms with van der Waals surface area (Å²) in [6.07, 6.45) is 1.94. The number of hydrogen-bond donors (Lipinski definition) is 0. The standard InChI is InChI=1S/C32H35Cl4NO6/c1-6-9-10-19-11-13-20(14-12-19)37(25(7-2)42-31(38)27-21(33)15-17-23(35)29(27)40-4)26(8-3)43-32(39)28-22(34)16-18-24(36)30(28)41-5/h11-18,25-26H,6-10H2,1-5H3. The molecule has 0 radical (unpaired) electrons. The van der Waals surface area contributed by atoms with Crippen molar-refractivity contribution in [2.24, 2.45) is 0 Å². The molecule has 0 aromatic heterocycles. The van der Waals surface area contributed by atoms with E-state index in [9.17, 15) is 9.59 Å². The lowest BCUT2D eigenvalue weighted by molar-refractivity contribution is -0.000496. The predicted octanol–water partition coefficient (Wildman–Crippen LogP) is 9.65. The van der Waals surface area contributed by atoms with Gasteiger partial charge in [-0.2, -0.15) is 0 Å². The number of aryl methyl sites for hydroxylation is 1. The maximum absolute atomic E-state index is 13.6. The van der Waals surface area contributed by atoms with E-state index < -0.39 is 24.4 Å². The highest BCUT2D eigenvalue weighted by atomic mass is 35.5. The van der Waals surface area contributed by atoms with E-state index >= 15 is 0 Å². The Morgan fingerprint density at radius 2 is 1.09 bits per heavy atom. The second kappa shape index (κ2) is 16.3. The fraction of sp³-hybridized carbons (Fsp3) is 0.375. The van der Waals surface area contributed by atoms with Gasteiger partial charge in [-0.1, -0.05) is 85.7 Å². The van der Waals surface area contributed by atoms with Crippen molar-refractivity contribution in [3.63, 3.8) is 0 Å². The van der Waals surface area contributed by atoms with Crippen molar-refractivity contribution in [2.75, 3.05) is 19.1 Å². The molecule has 3 aromatic rings. The van der Waals surface area contributed by atoms with Gasteiger partial charge < -0.3 is 23.8 Å². The minimum absolute atomic E-state index is 0.00882. The van der Waals surface area contributed by atoms with Crippen LogP contribution in [0.25, 0.3) is 0 Å². The van der Waals surface area contributed by atoms with Crippen LogP contribution in [0.1, 0.15) is 72.7 Å². The van der Waals surface area contributed by atoms with Crippen molar-refractivity contribution in [2.45, 2.75) is 65.3 Å². The van der Waals surface area contributed by atoms with Crippen molar-refractivity contribution in [1.29, 1.82) is 0 Å². The molecule has 11 heteroatoms. The Morgan fingerprint density at radius 1 is 0.674 bits per heavy atom. The Balaban J connectivity index is 2.06. The number of methoxy groups -OCH3 is 2. The molecule has 0 spiro atoms. The number of rotatable bonds is 14. The highest BCUT2D eigenvalue weighted by Gasteiger charge is 2.34. The van der Waals surface area contributed by atoms with Crippen LogP contribution in [-0.2, 0) is 15.9 Å². The zero-order valence-corrected chi connectivity index (χ0v) is 27.7. The second-order valence-electron chi connectivity index (χ2n) is 9.59. The molecule has 0 N–H and O–H groups in total. The lowest BCUT2D eigenvalue weighted by Gasteiger charge is -2.38. The van der Waals surface area contributed by atoms with Crippen molar-refractivity contribution >= 4 is 64.0 Å². The molecule has 2 atom stereocenters. The monoisotopic (exact) mass is 669 g/mol. The van der Waals surface area contributed by atoms with E-state index in [0.29, 0.717) is 18.5 Å². The molecule has 0 aliphatic carbocycles. The Morgan fingerprint density at radius 3 is 1.47 bits per heavy atom. The van der Waals surface area contributed by atoms with Gasteiger partial charge in [0.15, 0.2) is 24.0 Å². The molecule has 0 saturated heterocycles. The van der Waals surface area contributed by atoms with Crippen molar-refractivity contribution in [1.82, 2.24) is 0 Å². The molecule has 7 nitrogen and oxygen atoms in total. The summed E-state index contributed by atoms with van der Waals surface area (Å²) in [7, 11) is 2.78. The topological polar surface area (TPSA) is 74.3 Å². The van der Waals surface area contributed by atoms with Crippen molar-refractivity contribution in [3.8, 4) is 11.5 Å². The first-order valence-corrected chi connectivity index (χ1v) is 15.5. The summed E-state index contributed by atoms with van der Waals surface area (Å²) >= 11 is 25.3. The van der Waals surface area contributed by atoms with Gasteiger partial charge in [-0.15, -0.1) is 0 Å². The van der Waals surface area contributed by atoms with Crippen LogP contribution in [0.4, 0.5) is 5.69 Å². The minimum atomic E-state index is -0.886. The molecule has 0 aliphatic heterocycles. The molecule has 3 rings (SSSR count). The number of ether oxygens (including phenoxy) is 4. The van der Waals surface area contributed by atoms with E-state index in [1.807, 2.05) is 38.1 Å². The van der Waals surface area contributed by atoms with Gasteiger partial charge in [-0.05, 0) is 54.8 Å². The average molecular weight is 671 g/mol. The Labute approximate surface area is 272 Å². The second-order valence-corrected chi connectivity index (χ2v) is 11.2. The lowest BCUT2D eigenvalue weighted by atomic mass is 10.1. The van der Waals surface area contributed by atoms with Crippen LogP contribution in [0, 0.1) is 0 Å². The molecule has 0 fully saturated rings. The fourth-order valence-electron chi connectivity index (χ4n) is 4.62. The van der Waals surface area contributed by atoms with Crippen LogP contribution in [0.5, 0.6) is 11.5 Å². The Kier molecular flexibility index (Phi) is 13.1. The number of anilines is 1. The average Bonchev–Trinajstić information content (AvgIpc) is 3.01. The molecule has 2 unspecified atom stereocenters. The third-order valence-electron chi connectivity index (χ3n) is 6.79. The SMILES string of the molecule is CCCCc1ccc(N(C(CC)OC(=O)c2c(Cl)ccc(Cl)c2OC)C(CC)OC(=O)c2c(Cl)ccc(Cl)c2OC)cc1. The molecule has 232 valence electrons. The summed E-state index contributed by atoms with van der Waals surface area (Å²) in [4.78, 5) is 28.9. The largest absolute Gasteiger partial charge is 0.494 e. The molecular weight excluding hydrogens is 636 g/mol. The number of carbonyl (C=O) groups excluding carboxylic acids is 2. The summed E-state index contributed by atoms with van der Waals surface area (Å²) in [5.74, 6) is -1.30. The van der Waals surface area contributed by atoms with Crippen LogP contribution in [0.15, 0.2) is 48.5 Å². The van der Waals surface area contributed by atoms with Gasteiger partial charge in [0.05, 0.1) is 34.3 Å². The van der Waals surface area contributed by atoms with Crippen LogP contribution in [0.2, 0.25) is 20.1 Å². The summed E-state index contributed by atoms with van der Waals surface area (Å²) in [6, 6.07) is 13.9. The van der Waals surface area contributed by atoms with Crippen molar-refractivity contribution < 1.29 is 28.5 Å². The molecule has 0 bridgehead atoms. The summed E-state index contributed by atoms with van der Waals surface area (Å²) in [5.41, 5.74) is 1.82. The number of unbranched alkanes of at least 4 members (excludes halogenated alkanes) is 1. The molecule has 3 aromatic carbocycles. The fourth-order valence-corrected chi connectivity index (χ4v) is 5.54. The van der Waals surface area contributed by atoms with E-state index in [-0.39, 0.29) is 42.7 Å². The van der Waals surface area contributed by atoms with Crippen LogP contribution >= 0.6 is 46.4 Å². The first kappa shape index (κ1) is 34.6. The number of benzene rings is 3. The predicted molar refractivity (Wildman–Crippen MR) is 173 cm³/mol. The van der Waals surface area contributed by atoms with E-state index in [0.717, 1.165) is 24.8 Å². The van der Waals surface area contributed by atoms with Gasteiger partial charge in [0, 0.05) is 18.5 Å². The Bertz CT molecular complexity index is 1330. The number of nitrogens with zero attached hydrogens (tertiary/aromatic N) is 1. The number of halogens is 4. The minimum Gasteiger partial charge on any atom is -0.494 e. The van der Waals surface area contributed by atoms with Gasteiger partial charge in [0.1, 0.15) is 11.1 Å². The lowest BCUT2D eigenvalue weighted by Crippen LogP contribution is -2.47. The molecule has 0 amide bonds. The van der Waals surface area contributed by atoms with Gasteiger partial charge >= 0.3 is 11.9 Å². The van der Waals surface area contributed by atoms with Crippen molar-refractivity contribution in [3.05, 3.63) is 85.3 Å². The zero-order chi connectivity index (χ0) is 31.7. The summed E-state index contributed by atoms with van der Waals surface area (Å²) in [6.45, 7) is 5.84. The van der Waals surface area contributed by atoms with Gasteiger partial charge in [-0.25, -0.2) is 9.59 Å². The normalized spacial score (nSPS) is 12.3. The third-order valence-corrected chi connectivity index (χ3v) is 8.02. The number of hydrogen-bond acceptors (Lipinski definition) is 7. The van der Waals surface area contributed by atoms with E-state index in [4.69, 9.17) is 65.4 Å². The van der Waals surface area contributed by atoms with E-state index in [1.54, 1.807) is 4.90 Å². The number of carbonyl (C=O) groups is 2. The van der Waals surface area contributed by atoms with Gasteiger partial charge in [-0.3, -0.25) is 0 Å². The van der Waals surface area contributed by atoms with Gasteiger partial charge in [0.25, 0.3) is 0 Å². The molecule has 0 aliphatic rings. The first-order chi connectivity index (χ1) is 20.6. The van der Waals surface area contributed by atoms with Crippen LogP contribution < -0.4 is 14.4 Å². The number of esters is 2. The molecular formula is C32H35Cl4NO6. The van der Waals surface area contributed by atoms with Gasteiger partial charge in [0.2, 0.25) is 0 Å². The zero-order valence-electron chi connectivity index (χ0n) is 24.7. The quantitative estimate of drug-likeness (QED) is 0.125. The Hall–Kier alpha value is -2.84. The summed E-state index contributed by atoms with van der Waals surface area (Å²) < 4.78 is 22.8. The van der Waals surface area contributed by atoms with Crippen LogP contribution in [-0.4, -0.2) is 38.6 Å². The smallest absolute Gasteiger partial charge is 0.345 e. The molecule has 43 heavy (non-hydrogen) atoms. The molecule has 0 heterocycles. The summed E-state index contributed by atoms with van der Waals surface area (Å²) in [5, 5.41) is 0.654. The highest BCUT2D eigenvalue weighted by molar-refractivity contribution is 6.37. The molecule has 0 saturated carbocycles. The van der Waals surface area contributed by atoms with E-state index in [1.165, 1.54) is 38.5 Å². The first-order valence-electron chi connectivity index (χ1n) is 13.9. The third kappa shape index (κ3) is 8.21. The maximum atomic E-state index is 13.6. The highest BCUT2D eigenvalue weighted by Crippen LogP contribution is 2.37. The maximum Gasteiger partial charge on any atom is 0.345 e. The van der Waals surface area contributed by atoms with Crippen LogP contribution in [0.3, 0.4) is 0 Å². The van der Waals surface area contributed by atoms with E-state index in [2.05, 4.69) is 6.92 Å².